The zero-order valence-corrected chi connectivity index (χ0v) is 23.1. The number of benzene rings is 2. The molecule has 4 aromatic rings. The van der Waals surface area contributed by atoms with Gasteiger partial charge in [0.15, 0.2) is 5.65 Å². The third-order valence-electron chi connectivity index (χ3n) is 6.40. The molecule has 0 unspecified atom stereocenters. The van der Waals surface area contributed by atoms with Gasteiger partial charge in [0.25, 0.3) is 11.8 Å². The van der Waals surface area contributed by atoms with Crippen molar-refractivity contribution in [2.75, 3.05) is 6.54 Å². The van der Waals surface area contributed by atoms with Gasteiger partial charge in [-0.25, -0.2) is 4.98 Å². The molecule has 0 saturated heterocycles. The molecule has 0 aliphatic carbocycles. The molecule has 2 aromatic heterocycles. The summed E-state index contributed by atoms with van der Waals surface area (Å²) in [6.07, 6.45) is 4.52. The maximum Gasteiger partial charge on any atom is 0.306 e. The first-order valence-electron chi connectivity index (χ1n) is 12.5. The van der Waals surface area contributed by atoms with Gasteiger partial charge in [0.05, 0.1) is 27.7 Å². The summed E-state index contributed by atoms with van der Waals surface area (Å²) in [5.41, 5.74) is 3.82. The van der Waals surface area contributed by atoms with Crippen molar-refractivity contribution in [2.45, 2.75) is 39.2 Å². The Hall–Kier alpha value is -3.78. The van der Waals surface area contributed by atoms with Crippen molar-refractivity contribution in [3.63, 3.8) is 0 Å². The topological polar surface area (TPSA) is 81.0 Å². The fraction of sp³-hybridized carbons (Fsp3) is 0.267. The molecule has 0 spiro atoms. The third kappa shape index (κ3) is 5.41. The van der Waals surface area contributed by atoms with Crippen molar-refractivity contribution in [1.29, 1.82) is 0 Å². The number of carbonyl (C=O) groups is 3. The summed E-state index contributed by atoms with van der Waals surface area (Å²) in [7, 11) is 0. The summed E-state index contributed by atoms with van der Waals surface area (Å²) in [5, 5.41) is 0. The molecule has 0 saturated carbocycles. The number of hydrogen-bond donors (Lipinski definition) is 0. The highest BCUT2D eigenvalue weighted by molar-refractivity contribution is 9.10. The minimum atomic E-state index is -0.623. The van der Waals surface area contributed by atoms with Gasteiger partial charge in [0.1, 0.15) is 5.60 Å². The fourth-order valence-electron chi connectivity index (χ4n) is 4.75. The van der Waals surface area contributed by atoms with Crippen LogP contribution in [0.2, 0.25) is 0 Å². The van der Waals surface area contributed by atoms with Gasteiger partial charge in [-0.1, -0.05) is 36.4 Å². The lowest BCUT2D eigenvalue weighted by atomic mass is 9.94. The van der Waals surface area contributed by atoms with E-state index in [-0.39, 0.29) is 36.7 Å². The van der Waals surface area contributed by atoms with Crippen molar-refractivity contribution < 1.29 is 19.1 Å². The van der Waals surface area contributed by atoms with Gasteiger partial charge in [0.2, 0.25) is 0 Å². The molecule has 0 N–H and O–H groups in total. The van der Waals surface area contributed by atoms with E-state index in [0.717, 1.165) is 26.9 Å². The maximum absolute atomic E-state index is 13.0. The molecule has 0 fully saturated rings. The molecule has 7 nitrogen and oxygen atoms in total. The van der Waals surface area contributed by atoms with Crippen LogP contribution >= 0.6 is 15.9 Å². The van der Waals surface area contributed by atoms with Gasteiger partial charge in [-0.3, -0.25) is 19.3 Å². The molecule has 3 heterocycles. The number of carbonyl (C=O) groups excluding carboxylic acids is 3. The largest absolute Gasteiger partial charge is 0.460 e. The van der Waals surface area contributed by atoms with Crippen LogP contribution in [0, 0.1) is 5.92 Å². The third-order valence-corrected chi connectivity index (χ3v) is 7.02. The molecule has 0 radical (unpaired) electrons. The standard InChI is InChI=1S/C30H28BrN3O4/c1-30(2,3)38-26(35)16-20(17-34-28(36)22-7-4-5-8-23(22)29(34)37)15-19-10-12-21(13-11-19)25-18-33-14-6-9-24(31)27(33)32-25/h4-14,18,20H,15-17H2,1-3H3/t20-/m1/s1. The maximum atomic E-state index is 13.0. The van der Waals surface area contributed by atoms with Crippen LogP contribution in [0.15, 0.2) is 77.5 Å². The molecular weight excluding hydrogens is 546 g/mol. The number of imide groups is 1. The van der Waals surface area contributed by atoms with Gasteiger partial charge in [-0.15, -0.1) is 0 Å². The predicted molar refractivity (Wildman–Crippen MR) is 148 cm³/mol. The molecule has 5 rings (SSSR count). The Balaban J connectivity index is 1.36. The van der Waals surface area contributed by atoms with Crippen LogP contribution in [0.25, 0.3) is 16.9 Å². The molecule has 0 bridgehead atoms. The molecule has 8 heteroatoms. The van der Waals surface area contributed by atoms with E-state index < -0.39 is 5.60 Å². The zero-order valence-electron chi connectivity index (χ0n) is 21.5. The predicted octanol–water partition coefficient (Wildman–Crippen LogP) is 5.95. The van der Waals surface area contributed by atoms with Crippen LogP contribution in [0.3, 0.4) is 0 Å². The van der Waals surface area contributed by atoms with Gasteiger partial charge in [-0.2, -0.15) is 0 Å². The first-order valence-corrected chi connectivity index (χ1v) is 13.3. The molecule has 1 atom stereocenters. The minimum Gasteiger partial charge on any atom is -0.460 e. The van der Waals surface area contributed by atoms with Gasteiger partial charge < -0.3 is 9.14 Å². The highest BCUT2D eigenvalue weighted by atomic mass is 79.9. The summed E-state index contributed by atoms with van der Waals surface area (Å²) < 4.78 is 8.44. The molecule has 38 heavy (non-hydrogen) atoms. The first kappa shape index (κ1) is 25.9. The molecule has 1 aliphatic rings. The highest BCUT2D eigenvalue weighted by Gasteiger charge is 2.37. The lowest BCUT2D eigenvalue weighted by molar-refractivity contribution is -0.156. The van der Waals surface area contributed by atoms with Crippen molar-refractivity contribution in [3.8, 4) is 11.3 Å². The number of fused-ring (bicyclic) bond motifs is 2. The minimum absolute atomic E-state index is 0.0902. The number of ether oxygens (including phenoxy) is 1. The van der Waals surface area contributed by atoms with E-state index in [2.05, 4.69) is 15.9 Å². The van der Waals surface area contributed by atoms with E-state index in [0.29, 0.717) is 17.5 Å². The Morgan fingerprint density at radius 1 is 0.974 bits per heavy atom. The summed E-state index contributed by atoms with van der Waals surface area (Å²) in [4.78, 5) is 44.7. The Bertz CT molecular complexity index is 1500. The number of hydrogen-bond acceptors (Lipinski definition) is 5. The van der Waals surface area contributed by atoms with Gasteiger partial charge in [-0.05, 0) is 78.9 Å². The van der Waals surface area contributed by atoms with Crippen LogP contribution in [0.5, 0.6) is 0 Å². The van der Waals surface area contributed by atoms with Crippen LogP contribution in [0.1, 0.15) is 53.5 Å². The number of pyridine rings is 1. The number of amides is 2. The average Bonchev–Trinajstić information content (AvgIpc) is 3.40. The number of esters is 1. The summed E-state index contributed by atoms with van der Waals surface area (Å²) >= 11 is 3.54. The quantitative estimate of drug-likeness (QED) is 0.201. The lowest BCUT2D eigenvalue weighted by Crippen LogP contribution is -2.37. The molecule has 2 amide bonds. The second kappa shape index (κ2) is 10.2. The Kier molecular flexibility index (Phi) is 6.92. The Labute approximate surface area is 229 Å². The van der Waals surface area contributed by atoms with Crippen LogP contribution in [-0.2, 0) is 16.0 Å². The second-order valence-corrected chi connectivity index (χ2v) is 11.4. The zero-order chi connectivity index (χ0) is 27.0. The number of rotatable bonds is 7. The Morgan fingerprint density at radius 3 is 2.24 bits per heavy atom. The average molecular weight is 574 g/mol. The lowest BCUT2D eigenvalue weighted by Gasteiger charge is -2.25. The van der Waals surface area contributed by atoms with E-state index >= 15 is 0 Å². The van der Waals surface area contributed by atoms with Crippen LogP contribution in [-0.4, -0.2) is 44.2 Å². The second-order valence-electron chi connectivity index (χ2n) is 10.5. The van der Waals surface area contributed by atoms with E-state index in [1.165, 1.54) is 4.90 Å². The van der Waals surface area contributed by atoms with Crippen LogP contribution in [0.4, 0.5) is 0 Å². The molecule has 194 valence electrons. The van der Waals surface area contributed by atoms with Crippen LogP contribution < -0.4 is 0 Å². The Morgan fingerprint density at radius 2 is 1.63 bits per heavy atom. The molecule has 2 aromatic carbocycles. The first-order chi connectivity index (χ1) is 18.1. The van der Waals surface area contributed by atoms with E-state index in [1.54, 1.807) is 24.3 Å². The van der Waals surface area contributed by atoms with Gasteiger partial charge >= 0.3 is 5.97 Å². The van der Waals surface area contributed by atoms with Crippen molar-refractivity contribution in [1.82, 2.24) is 14.3 Å². The van der Waals surface area contributed by atoms with E-state index in [9.17, 15) is 14.4 Å². The van der Waals surface area contributed by atoms with E-state index in [4.69, 9.17) is 9.72 Å². The van der Waals surface area contributed by atoms with Crippen molar-refractivity contribution >= 4 is 39.4 Å². The summed E-state index contributed by atoms with van der Waals surface area (Å²) in [5.74, 6) is -1.31. The number of aromatic nitrogens is 2. The van der Waals surface area contributed by atoms with E-state index in [1.807, 2.05) is 74.0 Å². The summed E-state index contributed by atoms with van der Waals surface area (Å²) in [6, 6.07) is 18.7. The smallest absolute Gasteiger partial charge is 0.306 e. The fourth-order valence-corrected chi connectivity index (χ4v) is 5.19. The monoisotopic (exact) mass is 573 g/mol. The normalized spacial score (nSPS) is 14.2. The molecular formula is C30H28BrN3O4. The number of halogens is 1. The van der Waals surface area contributed by atoms with Gasteiger partial charge in [0, 0.05) is 24.5 Å². The highest BCUT2D eigenvalue weighted by Crippen LogP contribution is 2.27. The number of nitrogens with zero attached hydrogens (tertiary/aromatic N) is 3. The molecule has 1 aliphatic heterocycles. The summed E-state index contributed by atoms with van der Waals surface area (Å²) in [6.45, 7) is 5.59. The number of imidazole rings is 1. The van der Waals surface area contributed by atoms with Crippen molar-refractivity contribution in [2.24, 2.45) is 5.92 Å². The SMILES string of the molecule is CC(C)(C)OC(=O)C[C@@H](Cc1ccc(-c2cn3cccc(Br)c3n2)cc1)CN1C(=O)c2ccccc2C1=O. The van der Waals surface area contributed by atoms with Crippen molar-refractivity contribution in [3.05, 3.63) is 94.2 Å².